The van der Waals surface area contributed by atoms with Crippen molar-refractivity contribution in [1.29, 1.82) is 0 Å². The molecule has 1 aromatic carbocycles. The molecule has 0 spiro atoms. The highest BCUT2D eigenvalue weighted by Crippen LogP contribution is 2.29. The Labute approximate surface area is 153 Å². The van der Waals surface area contributed by atoms with Gasteiger partial charge in [-0.25, -0.2) is 13.1 Å². The number of methoxy groups -OCH3 is 1. The largest absolute Gasteiger partial charge is 0.495 e. The zero-order chi connectivity index (χ0) is 18.4. The Morgan fingerprint density at radius 3 is 2.56 bits per heavy atom. The summed E-state index contributed by atoms with van der Waals surface area (Å²) in [5, 5.41) is 11.2. The first-order chi connectivity index (χ1) is 11.9. The predicted molar refractivity (Wildman–Crippen MR) is 101 cm³/mol. The second-order valence-corrected chi connectivity index (χ2v) is 8.71. The van der Waals surface area contributed by atoms with Gasteiger partial charge < -0.3 is 9.84 Å². The molecule has 2 rings (SSSR count). The van der Waals surface area contributed by atoms with E-state index in [1.54, 1.807) is 23.5 Å². The van der Waals surface area contributed by atoms with Crippen molar-refractivity contribution in [3.8, 4) is 5.75 Å². The minimum Gasteiger partial charge on any atom is -0.495 e. The van der Waals surface area contributed by atoms with Crippen molar-refractivity contribution >= 4 is 21.4 Å². The van der Waals surface area contributed by atoms with Crippen LogP contribution in [0.15, 0.2) is 34.5 Å². The van der Waals surface area contributed by atoms with Crippen LogP contribution in [0.5, 0.6) is 5.75 Å². The summed E-state index contributed by atoms with van der Waals surface area (Å²) in [7, 11) is -2.19. The van der Waals surface area contributed by atoms with E-state index in [0.717, 1.165) is 16.0 Å². The number of benzene rings is 1. The van der Waals surface area contributed by atoms with Gasteiger partial charge in [0.15, 0.2) is 0 Å². The van der Waals surface area contributed by atoms with Gasteiger partial charge in [0.1, 0.15) is 10.6 Å². The van der Waals surface area contributed by atoms with E-state index in [1.165, 1.54) is 7.11 Å². The zero-order valence-electron chi connectivity index (χ0n) is 14.8. The number of rotatable bonds is 9. The molecule has 0 saturated heterocycles. The molecule has 0 aliphatic heterocycles. The summed E-state index contributed by atoms with van der Waals surface area (Å²) in [6.07, 6.45) is 1.25. The quantitative estimate of drug-likeness (QED) is 0.697. The Balaban J connectivity index is 2.10. The van der Waals surface area contributed by atoms with E-state index in [0.29, 0.717) is 25.1 Å². The Morgan fingerprint density at radius 2 is 1.96 bits per heavy atom. The van der Waals surface area contributed by atoms with Crippen LogP contribution in [-0.4, -0.2) is 33.8 Å². The van der Waals surface area contributed by atoms with E-state index in [1.807, 2.05) is 31.4 Å². The third kappa shape index (κ3) is 5.04. The number of hydrogen-bond acceptors (Lipinski definition) is 5. The summed E-state index contributed by atoms with van der Waals surface area (Å²) < 4.78 is 33.2. The van der Waals surface area contributed by atoms with Crippen LogP contribution < -0.4 is 9.46 Å². The summed E-state index contributed by atoms with van der Waals surface area (Å²) in [6.45, 7) is 4.19. The Bertz CT molecular complexity index is 786. The highest BCUT2D eigenvalue weighted by atomic mass is 32.2. The molecule has 0 bridgehead atoms. The minimum atomic E-state index is -3.66. The van der Waals surface area contributed by atoms with Crippen LogP contribution in [0.2, 0.25) is 0 Å². The number of sulfonamides is 1. The molecule has 0 radical (unpaired) electrons. The molecule has 0 unspecified atom stereocenters. The van der Waals surface area contributed by atoms with Crippen LogP contribution in [0, 0.1) is 13.8 Å². The lowest BCUT2D eigenvalue weighted by atomic mass is 10.0. The second kappa shape index (κ2) is 8.80. The van der Waals surface area contributed by atoms with E-state index in [9.17, 15) is 13.5 Å². The maximum atomic E-state index is 12.7. The average molecular weight is 384 g/mol. The molecule has 0 saturated carbocycles. The first-order valence-corrected chi connectivity index (χ1v) is 10.5. The van der Waals surface area contributed by atoms with Gasteiger partial charge in [0.05, 0.1) is 7.11 Å². The average Bonchev–Trinajstić information content (AvgIpc) is 3.10. The number of aryl methyl sites for hydroxylation is 2. The smallest absolute Gasteiger partial charge is 0.244 e. The molecule has 0 aliphatic carbocycles. The van der Waals surface area contributed by atoms with Crippen LogP contribution in [0.3, 0.4) is 0 Å². The van der Waals surface area contributed by atoms with Gasteiger partial charge in [-0.15, -0.1) is 11.3 Å². The molecule has 2 N–H and O–H groups in total. The highest BCUT2D eigenvalue weighted by molar-refractivity contribution is 7.89. The first kappa shape index (κ1) is 19.9. The molecule has 1 heterocycles. The number of nitrogens with one attached hydrogen (secondary N) is 1. The van der Waals surface area contributed by atoms with E-state index in [-0.39, 0.29) is 17.4 Å². The molecule has 2 aromatic rings. The van der Waals surface area contributed by atoms with Gasteiger partial charge in [-0.2, -0.15) is 0 Å². The minimum absolute atomic E-state index is 0.0836. The summed E-state index contributed by atoms with van der Waals surface area (Å²) in [5.41, 5.74) is 1.88. The number of hydrogen-bond donors (Lipinski definition) is 2. The summed E-state index contributed by atoms with van der Waals surface area (Å²) in [6, 6.07) is 7.37. The predicted octanol–water partition coefficient (Wildman–Crippen LogP) is 3.21. The Kier molecular flexibility index (Phi) is 7.01. The van der Waals surface area contributed by atoms with E-state index < -0.39 is 10.0 Å². The van der Waals surface area contributed by atoms with Crippen LogP contribution in [0.25, 0.3) is 0 Å². The molecule has 5 nitrogen and oxygen atoms in total. The normalized spacial score (nSPS) is 13.0. The SMILES string of the molecule is COc1cc(C)c(C)cc1S(=O)(=O)NCC[C@H](CCO)c1cccs1. The van der Waals surface area contributed by atoms with Crippen molar-refractivity contribution in [3.63, 3.8) is 0 Å². The zero-order valence-corrected chi connectivity index (χ0v) is 16.4. The van der Waals surface area contributed by atoms with Crippen molar-refractivity contribution in [2.24, 2.45) is 0 Å². The molecule has 0 amide bonds. The Hall–Kier alpha value is -1.41. The Morgan fingerprint density at radius 1 is 1.24 bits per heavy atom. The third-order valence-electron chi connectivity index (χ3n) is 4.28. The van der Waals surface area contributed by atoms with Gasteiger partial charge in [0, 0.05) is 18.0 Å². The molecule has 138 valence electrons. The molecular weight excluding hydrogens is 358 g/mol. The van der Waals surface area contributed by atoms with Crippen LogP contribution >= 0.6 is 11.3 Å². The number of aliphatic hydroxyl groups excluding tert-OH is 1. The lowest BCUT2D eigenvalue weighted by Crippen LogP contribution is -2.26. The molecule has 0 fully saturated rings. The van der Waals surface area contributed by atoms with E-state index >= 15 is 0 Å². The van der Waals surface area contributed by atoms with Crippen molar-refractivity contribution in [2.45, 2.75) is 37.5 Å². The maximum Gasteiger partial charge on any atom is 0.244 e. The molecule has 1 atom stereocenters. The molecule has 25 heavy (non-hydrogen) atoms. The standard InChI is InChI=1S/C18H25NO4S2/c1-13-11-16(23-3)18(12-14(13)2)25(21,22)19-8-6-15(7-9-20)17-5-4-10-24-17/h4-5,10-12,15,19-20H,6-9H2,1-3H3/t15-/m1/s1. The fraction of sp³-hybridized carbons (Fsp3) is 0.444. The van der Waals surface area contributed by atoms with Crippen LogP contribution in [0.4, 0.5) is 0 Å². The van der Waals surface area contributed by atoms with Gasteiger partial charge >= 0.3 is 0 Å². The van der Waals surface area contributed by atoms with Crippen molar-refractivity contribution < 1.29 is 18.3 Å². The van der Waals surface area contributed by atoms with Crippen molar-refractivity contribution in [1.82, 2.24) is 4.72 Å². The van der Waals surface area contributed by atoms with Crippen LogP contribution in [-0.2, 0) is 10.0 Å². The number of ether oxygens (including phenoxy) is 1. The lowest BCUT2D eigenvalue weighted by Gasteiger charge is -2.16. The third-order valence-corrected chi connectivity index (χ3v) is 6.79. The molecule has 7 heteroatoms. The maximum absolute atomic E-state index is 12.7. The van der Waals surface area contributed by atoms with Crippen LogP contribution in [0.1, 0.15) is 34.8 Å². The summed E-state index contributed by atoms with van der Waals surface area (Å²) in [5.74, 6) is 0.495. The van der Waals surface area contributed by atoms with E-state index in [4.69, 9.17) is 4.74 Å². The molecular formula is C18H25NO4S2. The van der Waals surface area contributed by atoms with Crippen molar-refractivity contribution in [3.05, 3.63) is 45.6 Å². The van der Waals surface area contributed by atoms with Gasteiger partial charge in [0.2, 0.25) is 10.0 Å². The number of thiophene rings is 1. The topological polar surface area (TPSA) is 75.6 Å². The van der Waals surface area contributed by atoms with Gasteiger partial charge in [0.25, 0.3) is 0 Å². The van der Waals surface area contributed by atoms with Gasteiger partial charge in [-0.05, 0) is 67.3 Å². The molecule has 0 aliphatic rings. The number of aliphatic hydroxyl groups is 1. The van der Waals surface area contributed by atoms with E-state index in [2.05, 4.69) is 4.72 Å². The fourth-order valence-corrected chi connectivity index (χ4v) is 4.87. The molecule has 1 aromatic heterocycles. The second-order valence-electron chi connectivity index (χ2n) is 6.00. The highest BCUT2D eigenvalue weighted by Gasteiger charge is 2.21. The summed E-state index contributed by atoms with van der Waals surface area (Å²) >= 11 is 1.63. The van der Waals surface area contributed by atoms with Crippen molar-refractivity contribution in [2.75, 3.05) is 20.3 Å². The van der Waals surface area contributed by atoms with Gasteiger partial charge in [-0.1, -0.05) is 6.07 Å². The first-order valence-electron chi connectivity index (χ1n) is 8.18. The monoisotopic (exact) mass is 383 g/mol. The lowest BCUT2D eigenvalue weighted by molar-refractivity contribution is 0.273. The van der Waals surface area contributed by atoms with Gasteiger partial charge in [-0.3, -0.25) is 0 Å². The fourth-order valence-electron chi connectivity index (χ4n) is 2.69. The summed E-state index contributed by atoms with van der Waals surface area (Å²) in [4.78, 5) is 1.32.